The highest BCUT2D eigenvalue weighted by Crippen LogP contribution is 2.42. The van der Waals surface area contributed by atoms with E-state index in [1.807, 2.05) is 12.3 Å². The zero-order chi connectivity index (χ0) is 12.3. The molecule has 0 atom stereocenters. The Morgan fingerprint density at radius 1 is 1.29 bits per heavy atom. The Kier molecular flexibility index (Phi) is 4.08. The molecule has 94 valence electrons. The van der Waals surface area contributed by atoms with Gasteiger partial charge in [-0.1, -0.05) is 26.7 Å². The third kappa shape index (κ3) is 2.65. The van der Waals surface area contributed by atoms with Crippen LogP contribution >= 0.6 is 15.9 Å². The van der Waals surface area contributed by atoms with Crippen LogP contribution in [0.2, 0.25) is 0 Å². The normalized spacial score (nSPS) is 17.9. The van der Waals surface area contributed by atoms with Crippen LogP contribution in [0.5, 0.6) is 0 Å². The van der Waals surface area contributed by atoms with Crippen LogP contribution in [0.1, 0.15) is 39.5 Å². The summed E-state index contributed by atoms with van der Waals surface area (Å²) in [6.45, 7) is 6.92. The van der Waals surface area contributed by atoms with E-state index in [9.17, 15) is 0 Å². The van der Waals surface area contributed by atoms with Gasteiger partial charge in [-0.3, -0.25) is 0 Å². The van der Waals surface area contributed by atoms with Crippen LogP contribution in [-0.4, -0.2) is 18.1 Å². The Labute approximate surface area is 113 Å². The summed E-state index contributed by atoms with van der Waals surface area (Å²) in [4.78, 5) is 6.86. The lowest BCUT2D eigenvalue weighted by Crippen LogP contribution is -2.56. The maximum Gasteiger partial charge on any atom is 0.142 e. The summed E-state index contributed by atoms with van der Waals surface area (Å²) in [6.07, 6.45) is 7.15. The summed E-state index contributed by atoms with van der Waals surface area (Å²) in [5.74, 6) is 1.11. The molecule has 0 amide bonds. The highest BCUT2D eigenvalue weighted by molar-refractivity contribution is 9.10. The lowest BCUT2D eigenvalue weighted by atomic mass is 9.72. The van der Waals surface area contributed by atoms with Crippen molar-refractivity contribution < 1.29 is 0 Å². The largest absolute Gasteiger partial charge is 0.354 e. The molecular formula is C14H21BrN2. The summed E-state index contributed by atoms with van der Waals surface area (Å²) in [7, 11) is 0. The van der Waals surface area contributed by atoms with Gasteiger partial charge in [0.25, 0.3) is 0 Å². The van der Waals surface area contributed by atoms with Gasteiger partial charge in [0.05, 0.1) is 4.47 Å². The molecular weight excluding hydrogens is 276 g/mol. The van der Waals surface area contributed by atoms with E-state index in [1.54, 1.807) is 0 Å². The predicted octanol–water partition coefficient (Wildman–Crippen LogP) is 4.25. The number of halogens is 1. The Morgan fingerprint density at radius 2 is 1.94 bits per heavy atom. The maximum atomic E-state index is 4.47. The molecule has 2 heterocycles. The van der Waals surface area contributed by atoms with Crippen LogP contribution in [0, 0.1) is 5.41 Å². The molecule has 0 aromatic carbocycles. The van der Waals surface area contributed by atoms with E-state index in [0.29, 0.717) is 5.41 Å². The number of nitrogens with zero attached hydrogens (tertiary/aromatic N) is 2. The van der Waals surface area contributed by atoms with Gasteiger partial charge in [0, 0.05) is 24.7 Å². The monoisotopic (exact) mass is 296 g/mol. The molecule has 1 aromatic heterocycles. The number of pyridine rings is 1. The van der Waals surface area contributed by atoms with Crippen molar-refractivity contribution >= 4 is 21.7 Å². The van der Waals surface area contributed by atoms with E-state index in [0.717, 1.165) is 10.3 Å². The van der Waals surface area contributed by atoms with Gasteiger partial charge in [0.1, 0.15) is 5.82 Å². The van der Waals surface area contributed by atoms with Crippen molar-refractivity contribution in [3.8, 4) is 0 Å². The van der Waals surface area contributed by atoms with E-state index in [4.69, 9.17) is 0 Å². The van der Waals surface area contributed by atoms with Crippen molar-refractivity contribution in [1.82, 2.24) is 4.98 Å². The fourth-order valence-corrected chi connectivity index (χ4v) is 3.53. The summed E-state index contributed by atoms with van der Waals surface area (Å²) >= 11 is 3.58. The average molecular weight is 297 g/mol. The molecule has 1 saturated heterocycles. The molecule has 17 heavy (non-hydrogen) atoms. The molecule has 1 fully saturated rings. The van der Waals surface area contributed by atoms with Crippen LogP contribution in [0.25, 0.3) is 0 Å². The zero-order valence-corrected chi connectivity index (χ0v) is 12.3. The molecule has 0 aliphatic carbocycles. The highest BCUT2D eigenvalue weighted by Gasteiger charge is 2.42. The van der Waals surface area contributed by atoms with E-state index in [1.165, 1.54) is 38.8 Å². The summed E-state index contributed by atoms with van der Waals surface area (Å²) in [5.41, 5.74) is 0.556. The molecule has 0 bridgehead atoms. The minimum absolute atomic E-state index is 0.556. The molecule has 1 aromatic rings. The minimum Gasteiger partial charge on any atom is -0.354 e. The maximum absolute atomic E-state index is 4.47. The van der Waals surface area contributed by atoms with Crippen molar-refractivity contribution in [2.45, 2.75) is 39.5 Å². The highest BCUT2D eigenvalue weighted by atomic mass is 79.9. The first-order valence-corrected chi connectivity index (χ1v) is 7.35. The van der Waals surface area contributed by atoms with E-state index >= 15 is 0 Å². The number of hydrogen-bond donors (Lipinski definition) is 0. The Morgan fingerprint density at radius 3 is 2.47 bits per heavy atom. The summed E-state index contributed by atoms with van der Waals surface area (Å²) < 4.78 is 1.11. The SMILES string of the molecule is CCCC1(CCC)CN(c2ncccc2Br)C1. The quantitative estimate of drug-likeness (QED) is 0.807. The Balaban J connectivity index is 2.03. The lowest BCUT2D eigenvalue weighted by molar-refractivity contribution is 0.172. The molecule has 0 N–H and O–H groups in total. The van der Waals surface area contributed by atoms with Gasteiger partial charge in [-0.25, -0.2) is 4.98 Å². The van der Waals surface area contributed by atoms with Crippen molar-refractivity contribution in [3.63, 3.8) is 0 Å². The van der Waals surface area contributed by atoms with E-state index < -0.39 is 0 Å². The van der Waals surface area contributed by atoms with Crippen molar-refractivity contribution in [2.75, 3.05) is 18.0 Å². The van der Waals surface area contributed by atoms with Gasteiger partial charge in [-0.05, 0) is 40.9 Å². The molecule has 0 spiro atoms. The lowest BCUT2D eigenvalue weighted by Gasteiger charge is -2.51. The van der Waals surface area contributed by atoms with Gasteiger partial charge in [0.15, 0.2) is 0 Å². The van der Waals surface area contributed by atoms with E-state index in [2.05, 4.69) is 45.7 Å². The number of hydrogen-bond acceptors (Lipinski definition) is 2. The fraction of sp³-hybridized carbons (Fsp3) is 0.643. The predicted molar refractivity (Wildman–Crippen MR) is 76.4 cm³/mol. The molecule has 1 aliphatic heterocycles. The number of aromatic nitrogens is 1. The number of rotatable bonds is 5. The van der Waals surface area contributed by atoms with Crippen molar-refractivity contribution in [2.24, 2.45) is 5.41 Å². The first kappa shape index (κ1) is 12.9. The van der Waals surface area contributed by atoms with Gasteiger partial charge >= 0.3 is 0 Å². The summed E-state index contributed by atoms with van der Waals surface area (Å²) in [6, 6.07) is 4.04. The Bertz CT molecular complexity index is 364. The van der Waals surface area contributed by atoms with Crippen molar-refractivity contribution in [1.29, 1.82) is 0 Å². The van der Waals surface area contributed by atoms with E-state index in [-0.39, 0.29) is 0 Å². The van der Waals surface area contributed by atoms with Crippen LogP contribution in [-0.2, 0) is 0 Å². The standard InChI is InChI=1S/C14H21BrN2/c1-3-7-14(8-4-2)10-17(11-14)13-12(15)6-5-9-16-13/h5-6,9H,3-4,7-8,10-11H2,1-2H3. The van der Waals surface area contributed by atoms with Gasteiger partial charge in [0.2, 0.25) is 0 Å². The third-order valence-electron chi connectivity index (χ3n) is 3.65. The fourth-order valence-electron chi connectivity index (χ4n) is 3.03. The van der Waals surface area contributed by atoms with Crippen LogP contribution in [0.4, 0.5) is 5.82 Å². The Hall–Kier alpha value is -0.570. The summed E-state index contributed by atoms with van der Waals surface area (Å²) in [5, 5.41) is 0. The zero-order valence-electron chi connectivity index (χ0n) is 10.7. The second-order valence-corrected chi connectivity index (χ2v) is 6.02. The van der Waals surface area contributed by atoms with Crippen LogP contribution < -0.4 is 4.90 Å². The third-order valence-corrected chi connectivity index (χ3v) is 4.27. The second-order valence-electron chi connectivity index (χ2n) is 5.16. The van der Waals surface area contributed by atoms with Gasteiger partial charge in [-0.15, -0.1) is 0 Å². The average Bonchev–Trinajstić information content (AvgIpc) is 2.26. The topological polar surface area (TPSA) is 16.1 Å². The van der Waals surface area contributed by atoms with Crippen LogP contribution in [0.3, 0.4) is 0 Å². The van der Waals surface area contributed by atoms with Crippen LogP contribution in [0.15, 0.2) is 22.8 Å². The molecule has 0 saturated carbocycles. The molecule has 0 unspecified atom stereocenters. The van der Waals surface area contributed by atoms with Gasteiger partial charge < -0.3 is 4.90 Å². The molecule has 2 rings (SSSR count). The van der Waals surface area contributed by atoms with Crippen molar-refractivity contribution in [3.05, 3.63) is 22.8 Å². The minimum atomic E-state index is 0.556. The molecule has 3 heteroatoms. The molecule has 0 radical (unpaired) electrons. The second kappa shape index (κ2) is 5.38. The molecule has 1 aliphatic rings. The van der Waals surface area contributed by atoms with Gasteiger partial charge in [-0.2, -0.15) is 0 Å². The first-order chi connectivity index (χ1) is 8.21. The smallest absolute Gasteiger partial charge is 0.142 e. The first-order valence-electron chi connectivity index (χ1n) is 6.56. The number of anilines is 1. The molecule has 2 nitrogen and oxygen atoms in total.